The van der Waals surface area contributed by atoms with Gasteiger partial charge >= 0.3 is 0 Å². The molecule has 0 spiro atoms. The fourth-order valence-corrected chi connectivity index (χ4v) is 1.95. The van der Waals surface area contributed by atoms with Crippen LogP contribution in [0.25, 0.3) is 0 Å². The normalized spacial score (nSPS) is 9.65. The zero-order chi connectivity index (χ0) is 14.5. The van der Waals surface area contributed by atoms with Crippen LogP contribution < -0.4 is 10.6 Å². The fourth-order valence-electron chi connectivity index (χ4n) is 1.72. The molecular formula is C15H12FN3S. The second kappa shape index (κ2) is 6.13. The molecule has 0 aliphatic rings. The molecule has 3 nitrogen and oxygen atoms in total. The van der Waals surface area contributed by atoms with Crippen molar-refractivity contribution in [3.8, 4) is 6.07 Å². The first kappa shape index (κ1) is 14.0. The van der Waals surface area contributed by atoms with Crippen molar-refractivity contribution < 1.29 is 4.39 Å². The number of thiocarbonyl (C=S) groups is 1. The summed E-state index contributed by atoms with van der Waals surface area (Å²) in [5.74, 6) is -0.284. The topological polar surface area (TPSA) is 47.8 Å². The molecular weight excluding hydrogens is 273 g/mol. The summed E-state index contributed by atoms with van der Waals surface area (Å²) in [5.41, 5.74) is 2.78. The van der Waals surface area contributed by atoms with E-state index in [-0.39, 0.29) is 5.82 Å². The molecule has 0 aliphatic carbocycles. The number of hydrogen-bond acceptors (Lipinski definition) is 2. The minimum absolute atomic E-state index is 0.284. The van der Waals surface area contributed by atoms with E-state index in [2.05, 4.69) is 16.7 Å². The Morgan fingerprint density at radius 2 is 2.00 bits per heavy atom. The maximum Gasteiger partial charge on any atom is 0.175 e. The molecule has 0 heterocycles. The fraction of sp³-hybridized carbons (Fsp3) is 0.0667. The van der Waals surface area contributed by atoms with Gasteiger partial charge in [0.15, 0.2) is 5.11 Å². The van der Waals surface area contributed by atoms with Crippen molar-refractivity contribution in [2.75, 3.05) is 10.6 Å². The van der Waals surface area contributed by atoms with Gasteiger partial charge in [-0.1, -0.05) is 6.07 Å². The van der Waals surface area contributed by atoms with Gasteiger partial charge in [0.05, 0.1) is 11.6 Å². The minimum atomic E-state index is -0.284. The van der Waals surface area contributed by atoms with Gasteiger partial charge in [-0.3, -0.25) is 0 Å². The van der Waals surface area contributed by atoms with Crippen molar-refractivity contribution in [1.82, 2.24) is 0 Å². The predicted octanol–water partition coefficient (Wildman–Crippen LogP) is 3.81. The van der Waals surface area contributed by atoms with Gasteiger partial charge in [-0.25, -0.2) is 4.39 Å². The first-order chi connectivity index (χ1) is 9.58. The molecule has 0 atom stereocenters. The van der Waals surface area contributed by atoms with Gasteiger partial charge in [-0.05, 0) is 61.1 Å². The number of hydrogen-bond donors (Lipinski definition) is 2. The first-order valence-corrected chi connectivity index (χ1v) is 6.33. The van der Waals surface area contributed by atoms with Crippen molar-refractivity contribution in [2.24, 2.45) is 0 Å². The number of benzene rings is 2. The molecule has 0 saturated carbocycles. The number of rotatable bonds is 2. The van der Waals surface area contributed by atoms with Gasteiger partial charge in [-0.15, -0.1) is 0 Å². The van der Waals surface area contributed by atoms with Gasteiger partial charge in [0.2, 0.25) is 0 Å². The van der Waals surface area contributed by atoms with Crippen molar-refractivity contribution in [1.29, 1.82) is 5.26 Å². The maximum atomic E-state index is 13.0. The molecule has 0 saturated heterocycles. The molecule has 100 valence electrons. The third-order valence-electron chi connectivity index (χ3n) is 2.69. The lowest BCUT2D eigenvalue weighted by Gasteiger charge is -2.12. The van der Waals surface area contributed by atoms with Gasteiger partial charge in [0.25, 0.3) is 0 Å². The molecule has 0 aliphatic heterocycles. The van der Waals surface area contributed by atoms with Crippen LogP contribution in [0.3, 0.4) is 0 Å². The van der Waals surface area contributed by atoms with E-state index < -0.39 is 0 Å². The van der Waals surface area contributed by atoms with Gasteiger partial charge in [0, 0.05) is 11.4 Å². The number of nitrogens with one attached hydrogen (secondary N) is 2. The highest BCUT2D eigenvalue weighted by Gasteiger charge is 2.03. The van der Waals surface area contributed by atoms with Gasteiger partial charge in [0.1, 0.15) is 5.82 Å². The lowest BCUT2D eigenvalue weighted by atomic mass is 10.2. The van der Waals surface area contributed by atoms with Crippen LogP contribution in [0.2, 0.25) is 0 Å². The van der Waals surface area contributed by atoms with Crippen LogP contribution in [0, 0.1) is 24.1 Å². The Bertz CT molecular complexity index is 692. The molecule has 0 radical (unpaired) electrons. The lowest BCUT2D eigenvalue weighted by Crippen LogP contribution is -2.19. The second-order valence-corrected chi connectivity index (χ2v) is 4.64. The Hall–Kier alpha value is -2.45. The Kier molecular flexibility index (Phi) is 4.28. The average molecular weight is 285 g/mol. The van der Waals surface area contributed by atoms with Crippen LogP contribution >= 0.6 is 12.2 Å². The molecule has 2 aromatic carbocycles. The summed E-state index contributed by atoms with van der Waals surface area (Å²) in [6.07, 6.45) is 0. The highest BCUT2D eigenvalue weighted by Crippen LogP contribution is 2.16. The number of nitrogens with zero attached hydrogens (tertiary/aromatic N) is 1. The monoisotopic (exact) mass is 285 g/mol. The number of anilines is 2. The van der Waals surface area contributed by atoms with E-state index in [1.54, 1.807) is 31.2 Å². The largest absolute Gasteiger partial charge is 0.332 e. The number of nitriles is 1. The summed E-state index contributed by atoms with van der Waals surface area (Å²) in [4.78, 5) is 0. The van der Waals surface area contributed by atoms with Crippen molar-refractivity contribution in [3.63, 3.8) is 0 Å². The van der Waals surface area contributed by atoms with Crippen LogP contribution in [0.1, 0.15) is 11.1 Å². The Balaban J connectivity index is 2.07. The van der Waals surface area contributed by atoms with E-state index in [4.69, 9.17) is 17.5 Å². The third kappa shape index (κ3) is 3.53. The van der Waals surface area contributed by atoms with E-state index in [1.807, 2.05) is 6.07 Å². The summed E-state index contributed by atoms with van der Waals surface area (Å²) in [5, 5.41) is 15.2. The van der Waals surface area contributed by atoms with Crippen LogP contribution in [-0.4, -0.2) is 5.11 Å². The standard InChI is InChI=1S/C15H12FN3S/c1-10-7-12(16)5-6-14(10)19-15(20)18-13-4-2-3-11(8-13)9-17/h2-8H,1H3,(H2,18,19,20). The molecule has 2 aromatic rings. The molecule has 20 heavy (non-hydrogen) atoms. The molecule has 0 unspecified atom stereocenters. The SMILES string of the molecule is Cc1cc(F)ccc1NC(=S)Nc1cccc(C#N)c1. The maximum absolute atomic E-state index is 13.0. The first-order valence-electron chi connectivity index (χ1n) is 5.93. The highest BCUT2D eigenvalue weighted by molar-refractivity contribution is 7.80. The van der Waals surface area contributed by atoms with Gasteiger partial charge < -0.3 is 10.6 Å². The quantitative estimate of drug-likeness (QED) is 0.824. The summed E-state index contributed by atoms with van der Waals surface area (Å²) >= 11 is 5.19. The molecule has 0 bridgehead atoms. The molecule has 0 amide bonds. The Labute approximate surface area is 122 Å². The highest BCUT2D eigenvalue weighted by atomic mass is 32.1. The van der Waals surface area contributed by atoms with E-state index in [0.29, 0.717) is 10.7 Å². The second-order valence-electron chi connectivity index (χ2n) is 4.23. The van der Waals surface area contributed by atoms with Gasteiger partial charge in [-0.2, -0.15) is 5.26 Å². The van der Waals surface area contributed by atoms with Crippen LogP contribution in [0.4, 0.5) is 15.8 Å². The Morgan fingerprint density at radius 1 is 1.20 bits per heavy atom. The molecule has 2 rings (SSSR count). The number of aryl methyl sites for hydroxylation is 1. The lowest BCUT2D eigenvalue weighted by molar-refractivity contribution is 0.627. The molecule has 0 fully saturated rings. The third-order valence-corrected chi connectivity index (χ3v) is 2.89. The van der Waals surface area contributed by atoms with Crippen LogP contribution in [0.15, 0.2) is 42.5 Å². The molecule has 5 heteroatoms. The Morgan fingerprint density at radius 3 is 2.70 bits per heavy atom. The van der Waals surface area contributed by atoms with E-state index in [1.165, 1.54) is 12.1 Å². The summed E-state index contributed by atoms with van der Waals surface area (Å²) < 4.78 is 13.0. The van der Waals surface area contributed by atoms with Crippen molar-refractivity contribution in [2.45, 2.75) is 6.92 Å². The zero-order valence-electron chi connectivity index (χ0n) is 10.8. The summed E-state index contributed by atoms with van der Waals surface area (Å²) in [6.45, 7) is 1.80. The molecule has 0 aromatic heterocycles. The van der Waals surface area contributed by atoms with E-state index in [9.17, 15) is 4.39 Å². The average Bonchev–Trinajstić information content (AvgIpc) is 2.42. The van der Waals surface area contributed by atoms with E-state index >= 15 is 0 Å². The summed E-state index contributed by atoms with van der Waals surface area (Å²) in [7, 11) is 0. The minimum Gasteiger partial charge on any atom is -0.332 e. The van der Waals surface area contributed by atoms with Crippen molar-refractivity contribution in [3.05, 3.63) is 59.4 Å². The van der Waals surface area contributed by atoms with Crippen LogP contribution in [-0.2, 0) is 0 Å². The molecule has 2 N–H and O–H groups in total. The summed E-state index contributed by atoms with van der Waals surface area (Å²) in [6, 6.07) is 13.5. The smallest absolute Gasteiger partial charge is 0.175 e. The van der Waals surface area contributed by atoms with Crippen LogP contribution in [0.5, 0.6) is 0 Å². The predicted molar refractivity (Wildman–Crippen MR) is 82.1 cm³/mol. The number of halogens is 1. The van der Waals surface area contributed by atoms with E-state index in [0.717, 1.165) is 16.9 Å². The van der Waals surface area contributed by atoms with Crippen molar-refractivity contribution >= 4 is 28.7 Å². The zero-order valence-corrected chi connectivity index (χ0v) is 11.6.